The summed E-state index contributed by atoms with van der Waals surface area (Å²) in [7, 11) is 0. The zero-order chi connectivity index (χ0) is 20.8. The summed E-state index contributed by atoms with van der Waals surface area (Å²) < 4.78 is 11.7. The van der Waals surface area contributed by atoms with Gasteiger partial charge < -0.3 is 14.8 Å². The number of aryl methyl sites for hydroxylation is 1. The van der Waals surface area contributed by atoms with Gasteiger partial charge in [-0.25, -0.2) is 0 Å². The normalized spacial score (nSPS) is 15.2. The van der Waals surface area contributed by atoms with E-state index < -0.39 is 0 Å². The number of hydrogen-bond acceptors (Lipinski definition) is 4. The highest BCUT2D eigenvalue weighted by atomic mass is 16.5. The molecule has 1 aliphatic carbocycles. The molecule has 1 N–H and O–H groups in total. The molecule has 1 unspecified atom stereocenters. The zero-order valence-electron chi connectivity index (χ0n) is 17.1. The van der Waals surface area contributed by atoms with E-state index in [-0.39, 0.29) is 11.9 Å². The molecular formula is C25H26N2O3. The summed E-state index contributed by atoms with van der Waals surface area (Å²) in [5.41, 5.74) is 4.13. The third-order valence-electron chi connectivity index (χ3n) is 5.32. The van der Waals surface area contributed by atoms with Crippen molar-refractivity contribution in [3.05, 3.63) is 89.2 Å². The molecule has 30 heavy (non-hydrogen) atoms. The fourth-order valence-corrected chi connectivity index (χ4v) is 3.82. The Hall–Kier alpha value is -3.34. The van der Waals surface area contributed by atoms with E-state index in [0.717, 1.165) is 24.8 Å². The number of amides is 1. The van der Waals surface area contributed by atoms with Gasteiger partial charge in [-0.05, 0) is 73.2 Å². The van der Waals surface area contributed by atoms with Crippen molar-refractivity contribution in [1.29, 1.82) is 0 Å². The van der Waals surface area contributed by atoms with Crippen molar-refractivity contribution in [1.82, 2.24) is 10.3 Å². The molecule has 5 heteroatoms. The van der Waals surface area contributed by atoms with Crippen molar-refractivity contribution >= 4 is 5.91 Å². The molecule has 0 aliphatic heterocycles. The molecule has 1 aliphatic rings. The van der Waals surface area contributed by atoms with Crippen LogP contribution in [-0.4, -0.2) is 17.5 Å². The summed E-state index contributed by atoms with van der Waals surface area (Å²) in [5.74, 6) is 1.09. The molecule has 0 bridgehead atoms. The van der Waals surface area contributed by atoms with E-state index in [0.29, 0.717) is 30.3 Å². The minimum absolute atomic E-state index is 0.0422. The second-order valence-corrected chi connectivity index (χ2v) is 7.36. The van der Waals surface area contributed by atoms with E-state index in [4.69, 9.17) is 9.47 Å². The number of aromatic nitrogens is 1. The van der Waals surface area contributed by atoms with Crippen LogP contribution in [0.5, 0.6) is 11.5 Å². The molecule has 1 atom stereocenters. The standard InChI is InChI=1S/C25H26N2O3/c1-2-29-24-16-20(10-11-23(24)30-17-18-12-14-26-15-13-18)25(28)27-22-9-5-7-19-6-3-4-8-21(19)22/h3-4,6,8,10-16,22H,2,5,7,9,17H2,1H3,(H,27,28). The Kier molecular flexibility index (Phi) is 6.28. The monoisotopic (exact) mass is 402 g/mol. The van der Waals surface area contributed by atoms with Crippen LogP contribution in [0, 0.1) is 0 Å². The van der Waals surface area contributed by atoms with Gasteiger partial charge in [0.1, 0.15) is 6.61 Å². The van der Waals surface area contributed by atoms with Crippen LogP contribution < -0.4 is 14.8 Å². The molecule has 0 radical (unpaired) electrons. The van der Waals surface area contributed by atoms with Crippen LogP contribution in [0.15, 0.2) is 67.0 Å². The zero-order valence-corrected chi connectivity index (χ0v) is 17.1. The van der Waals surface area contributed by atoms with Gasteiger partial charge in [-0.3, -0.25) is 9.78 Å². The Morgan fingerprint density at radius 3 is 2.73 bits per heavy atom. The number of carbonyl (C=O) groups is 1. The molecule has 5 nitrogen and oxygen atoms in total. The van der Waals surface area contributed by atoms with Gasteiger partial charge in [-0.2, -0.15) is 0 Å². The Morgan fingerprint density at radius 2 is 1.90 bits per heavy atom. The summed E-state index contributed by atoms with van der Waals surface area (Å²) in [6, 6.07) is 17.6. The van der Waals surface area contributed by atoms with E-state index in [1.807, 2.05) is 25.1 Å². The fraction of sp³-hybridized carbons (Fsp3) is 0.280. The largest absolute Gasteiger partial charge is 0.490 e. The van der Waals surface area contributed by atoms with Gasteiger partial charge in [0.05, 0.1) is 12.6 Å². The van der Waals surface area contributed by atoms with Gasteiger partial charge in [-0.1, -0.05) is 24.3 Å². The first-order valence-electron chi connectivity index (χ1n) is 10.4. The summed E-state index contributed by atoms with van der Waals surface area (Å²) in [6.07, 6.45) is 6.57. The maximum atomic E-state index is 13.0. The summed E-state index contributed by atoms with van der Waals surface area (Å²) in [6.45, 7) is 2.82. The number of fused-ring (bicyclic) bond motifs is 1. The maximum Gasteiger partial charge on any atom is 0.251 e. The molecular weight excluding hydrogens is 376 g/mol. The van der Waals surface area contributed by atoms with Crippen molar-refractivity contribution in [2.75, 3.05) is 6.61 Å². The molecule has 0 saturated carbocycles. The van der Waals surface area contributed by atoms with E-state index in [1.54, 1.807) is 30.6 Å². The number of hydrogen-bond donors (Lipinski definition) is 1. The van der Waals surface area contributed by atoms with Crippen LogP contribution in [0.25, 0.3) is 0 Å². The molecule has 1 aromatic heterocycles. The molecule has 0 fully saturated rings. The van der Waals surface area contributed by atoms with Gasteiger partial charge in [-0.15, -0.1) is 0 Å². The molecule has 1 heterocycles. The van der Waals surface area contributed by atoms with E-state index in [1.165, 1.54) is 11.1 Å². The average molecular weight is 402 g/mol. The number of benzene rings is 2. The molecule has 4 rings (SSSR count). The third-order valence-corrected chi connectivity index (χ3v) is 5.32. The minimum Gasteiger partial charge on any atom is -0.490 e. The van der Waals surface area contributed by atoms with Gasteiger partial charge in [0.25, 0.3) is 5.91 Å². The lowest BCUT2D eigenvalue weighted by Gasteiger charge is -2.26. The van der Waals surface area contributed by atoms with Crippen molar-refractivity contribution in [3.63, 3.8) is 0 Å². The lowest BCUT2D eigenvalue weighted by molar-refractivity contribution is 0.0932. The highest BCUT2D eigenvalue weighted by Crippen LogP contribution is 2.32. The molecule has 3 aromatic rings. The van der Waals surface area contributed by atoms with Crippen LogP contribution in [0.4, 0.5) is 0 Å². The summed E-state index contributed by atoms with van der Waals surface area (Å²) in [4.78, 5) is 17.0. The maximum absolute atomic E-state index is 13.0. The van der Waals surface area contributed by atoms with Crippen LogP contribution >= 0.6 is 0 Å². The predicted octanol–water partition coefficient (Wildman–Crippen LogP) is 4.87. The smallest absolute Gasteiger partial charge is 0.251 e. The highest BCUT2D eigenvalue weighted by molar-refractivity contribution is 5.95. The summed E-state index contributed by atoms with van der Waals surface area (Å²) in [5, 5.41) is 3.20. The number of nitrogens with zero attached hydrogens (tertiary/aromatic N) is 1. The van der Waals surface area contributed by atoms with Crippen LogP contribution in [0.3, 0.4) is 0 Å². The predicted molar refractivity (Wildman–Crippen MR) is 116 cm³/mol. The van der Waals surface area contributed by atoms with E-state index >= 15 is 0 Å². The lowest BCUT2D eigenvalue weighted by atomic mass is 9.87. The van der Waals surface area contributed by atoms with Gasteiger partial charge in [0.15, 0.2) is 11.5 Å². The van der Waals surface area contributed by atoms with E-state index in [9.17, 15) is 4.79 Å². The second kappa shape index (κ2) is 9.44. The lowest BCUT2D eigenvalue weighted by Crippen LogP contribution is -2.31. The number of carbonyl (C=O) groups excluding carboxylic acids is 1. The SMILES string of the molecule is CCOc1cc(C(=O)NC2CCCc3ccccc32)ccc1OCc1ccncc1. The Bertz CT molecular complexity index is 1000. The average Bonchev–Trinajstić information content (AvgIpc) is 2.79. The first-order chi connectivity index (χ1) is 14.7. The number of ether oxygens (including phenoxy) is 2. The molecule has 154 valence electrons. The highest BCUT2D eigenvalue weighted by Gasteiger charge is 2.22. The van der Waals surface area contributed by atoms with Crippen LogP contribution in [0.2, 0.25) is 0 Å². The van der Waals surface area contributed by atoms with E-state index in [2.05, 4.69) is 28.5 Å². The van der Waals surface area contributed by atoms with Gasteiger partial charge >= 0.3 is 0 Å². The first kappa shape index (κ1) is 20.0. The van der Waals surface area contributed by atoms with Crippen molar-refractivity contribution in [2.45, 2.75) is 38.8 Å². The van der Waals surface area contributed by atoms with Gasteiger partial charge in [0, 0.05) is 18.0 Å². The topological polar surface area (TPSA) is 60.5 Å². The number of pyridine rings is 1. The minimum atomic E-state index is -0.0988. The van der Waals surface area contributed by atoms with Crippen molar-refractivity contribution in [2.24, 2.45) is 0 Å². The molecule has 0 saturated heterocycles. The van der Waals surface area contributed by atoms with Crippen molar-refractivity contribution in [3.8, 4) is 11.5 Å². The molecule has 0 spiro atoms. The second-order valence-electron chi connectivity index (χ2n) is 7.36. The third kappa shape index (κ3) is 4.62. The quantitative estimate of drug-likeness (QED) is 0.613. The Morgan fingerprint density at radius 1 is 1.07 bits per heavy atom. The van der Waals surface area contributed by atoms with Gasteiger partial charge in [0.2, 0.25) is 0 Å². The molecule has 1 amide bonds. The summed E-state index contributed by atoms with van der Waals surface area (Å²) >= 11 is 0. The first-order valence-corrected chi connectivity index (χ1v) is 10.4. The van der Waals surface area contributed by atoms with Crippen LogP contribution in [-0.2, 0) is 13.0 Å². The van der Waals surface area contributed by atoms with Crippen LogP contribution in [0.1, 0.15) is 52.9 Å². The number of nitrogens with one attached hydrogen (secondary N) is 1. The Balaban J connectivity index is 1.49. The molecule has 2 aromatic carbocycles. The fourth-order valence-electron chi connectivity index (χ4n) is 3.82. The van der Waals surface area contributed by atoms with Crippen molar-refractivity contribution < 1.29 is 14.3 Å². The Labute approximate surface area is 177 Å². The number of rotatable bonds is 7.